The number of hydrogen-bond acceptors (Lipinski definition) is 5. The molecule has 2 aromatic rings. The summed E-state index contributed by atoms with van der Waals surface area (Å²) in [6, 6.07) is 4.09. The second-order valence-corrected chi connectivity index (χ2v) is 5.69. The number of nitrogens with zero attached hydrogens (tertiary/aromatic N) is 2. The molecule has 1 heterocycles. The zero-order valence-corrected chi connectivity index (χ0v) is 11.7. The first kappa shape index (κ1) is 13.9. The molecule has 102 valence electrons. The van der Waals surface area contributed by atoms with Crippen molar-refractivity contribution in [3.8, 4) is 11.5 Å². The van der Waals surface area contributed by atoms with Crippen LogP contribution in [0.5, 0.6) is 0 Å². The van der Waals surface area contributed by atoms with Crippen LogP contribution in [0.4, 0.5) is 10.1 Å². The summed E-state index contributed by atoms with van der Waals surface area (Å²) < 4.78 is 18.3. The van der Waals surface area contributed by atoms with E-state index in [1.807, 2.05) is 0 Å². The van der Waals surface area contributed by atoms with Crippen LogP contribution >= 0.6 is 11.8 Å². The molecule has 0 atom stereocenters. The summed E-state index contributed by atoms with van der Waals surface area (Å²) in [6.07, 6.45) is 0. The topological polar surface area (TPSA) is 64.9 Å². The third kappa shape index (κ3) is 3.70. The van der Waals surface area contributed by atoms with Gasteiger partial charge in [-0.25, -0.2) is 4.39 Å². The van der Waals surface area contributed by atoms with Crippen molar-refractivity contribution in [2.75, 3.05) is 11.5 Å². The minimum absolute atomic E-state index is 0.261. The van der Waals surface area contributed by atoms with E-state index in [9.17, 15) is 4.39 Å². The van der Waals surface area contributed by atoms with E-state index in [4.69, 9.17) is 10.3 Å². The van der Waals surface area contributed by atoms with E-state index in [2.05, 4.69) is 24.0 Å². The SMILES string of the molecule is CC(C)CSCc1noc(-c2cc(F)ccc2N)n1. The van der Waals surface area contributed by atoms with E-state index in [-0.39, 0.29) is 11.7 Å². The van der Waals surface area contributed by atoms with E-state index < -0.39 is 0 Å². The van der Waals surface area contributed by atoms with Crippen molar-refractivity contribution < 1.29 is 8.91 Å². The van der Waals surface area contributed by atoms with Gasteiger partial charge >= 0.3 is 0 Å². The lowest BCUT2D eigenvalue weighted by molar-refractivity contribution is 0.425. The molecule has 0 saturated heterocycles. The van der Waals surface area contributed by atoms with Crippen LogP contribution in [0.1, 0.15) is 19.7 Å². The molecule has 1 aromatic carbocycles. The van der Waals surface area contributed by atoms with E-state index >= 15 is 0 Å². The van der Waals surface area contributed by atoms with Gasteiger partial charge < -0.3 is 10.3 Å². The Hall–Kier alpha value is -1.56. The Morgan fingerprint density at radius 2 is 2.21 bits per heavy atom. The average molecular weight is 281 g/mol. The second-order valence-electron chi connectivity index (χ2n) is 4.66. The van der Waals surface area contributed by atoms with Crippen LogP contribution in [0.2, 0.25) is 0 Å². The molecule has 2 N–H and O–H groups in total. The zero-order valence-electron chi connectivity index (χ0n) is 10.9. The van der Waals surface area contributed by atoms with Crippen molar-refractivity contribution in [3.05, 3.63) is 29.8 Å². The van der Waals surface area contributed by atoms with Gasteiger partial charge in [0.15, 0.2) is 5.82 Å². The molecule has 0 radical (unpaired) electrons. The molecule has 6 heteroatoms. The monoisotopic (exact) mass is 281 g/mol. The van der Waals surface area contributed by atoms with Crippen LogP contribution in [-0.2, 0) is 5.75 Å². The van der Waals surface area contributed by atoms with Crippen molar-refractivity contribution in [3.63, 3.8) is 0 Å². The van der Waals surface area contributed by atoms with Gasteiger partial charge in [-0.2, -0.15) is 16.7 Å². The van der Waals surface area contributed by atoms with E-state index in [0.717, 1.165) is 5.75 Å². The lowest BCUT2D eigenvalue weighted by atomic mass is 10.2. The van der Waals surface area contributed by atoms with Crippen LogP contribution < -0.4 is 5.73 Å². The molecular weight excluding hydrogens is 265 g/mol. The molecule has 0 aliphatic heterocycles. The summed E-state index contributed by atoms with van der Waals surface area (Å²) in [5.41, 5.74) is 6.63. The summed E-state index contributed by atoms with van der Waals surface area (Å²) in [5, 5.41) is 3.88. The van der Waals surface area contributed by atoms with Gasteiger partial charge in [-0.1, -0.05) is 19.0 Å². The number of anilines is 1. The minimum atomic E-state index is -0.377. The normalized spacial score (nSPS) is 11.2. The fraction of sp³-hybridized carbons (Fsp3) is 0.385. The van der Waals surface area contributed by atoms with Crippen molar-refractivity contribution in [2.24, 2.45) is 5.92 Å². The van der Waals surface area contributed by atoms with Gasteiger partial charge in [-0.15, -0.1) is 0 Å². The third-order valence-electron chi connectivity index (χ3n) is 2.40. The Morgan fingerprint density at radius 3 is 2.95 bits per heavy atom. The zero-order chi connectivity index (χ0) is 13.8. The third-order valence-corrected chi connectivity index (χ3v) is 3.76. The standard InChI is InChI=1S/C13H16FN3OS/c1-8(2)6-19-7-12-16-13(18-17-12)10-5-9(14)3-4-11(10)15/h3-5,8H,6-7,15H2,1-2H3. The molecule has 0 amide bonds. The van der Waals surface area contributed by atoms with Crippen molar-refractivity contribution >= 4 is 17.4 Å². The first-order valence-electron chi connectivity index (χ1n) is 6.02. The largest absolute Gasteiger partial charge is 0.398 e. The Kier molecular flexibility index (Phi) is 4.42. The number of halogens is 1. The maximum absolute atomic E-state index is 13.2. The maximum atomic E-state index is 13.2. The predicted octanol–water partition coefficient (Wildman–Crippen LogP) is 3.35. The summed E-state index contributed by atoms with van der Waals surface area (Å²) in [7, 11) is 0. The Labute approximate surface area is 115 Å². The summed E-state index contributed by atoms with van der Waals surface area (Å²) in [6.45, 7) is 4.31. The van der Waals surface area contributed by atoms with E-state index in [0.29, 0.717) is 28.7 Å². The van der Waals surface area contributed by atoms with Gasteiger partial charge in [0, 0.05) is 5.69 Å². The van der Waals surface area contributed by atoms with E-state index in [1.165, 1.54) is 18.2 Å². The van der Waals surface area contributed by atoms with Crippen molar-refractivity contribution in [1.82, 2.24) is 10.1 Å². The molecule has 19 heavy (non-hydrogen) atoms. The molecule has 0 aliphatic rings. The quantitative estimate of drug-likeness (QED) is 0.851. The number of rotatable bonds is 5. The fourth-order valence-electron chi connectivity index (χ4n) is 1.52. The first-order chi connectivity index (χ1) is 9.06. The number of nitrogens with two attached hydrogens (primary N) is 1. The highest BCUT2D eigenvalue weighted by Crippen LogP contribution is 2.25. The van der Waals surface area contributed by atoms with Crippen LogP contribution in [0.15, 0.2) is 22.7 Å². The van der Waals surface area contributed by atoms with Crippen molar-refractivity contribution in [2.45, 2.75) is 19.6 Å². The lowest BCUT2D eigenvalue weighted by Crippen LogP contribution is -1.93. The number of hydrogen-bond donors (Lipinski definition) is 1. The first-order valence-corrected chi connectivity index (χ1v) is 7.17. The van der Waals surface area contributed by atoms with Crippen LogP contribution in [0, 0.1) is 11.7 Å². The molecule has 0 fully saturated rings. The highest BCUT2D eigenvalue weighted by molar-refractivity contribution is 7.98. The summed E-state index contributed by atoms with van der Waals surface area (Å²) in [5.74, 6) is 2.82. The molecule has 0 aliphatic carbocycles. The Balaban J connectivity index is 2.10. The second kappa shape index (κ2) is 6.06. The number of thioether (sulfide) groups is 1. The van der Waals surface area contributed by atoms with Crippen LogP contribution in [0.25, 0.3) is 11.5 Å². The van der Waals surface area contributed by atoms with Crippen LogP contribution in [-0.4, -0.2) is 15.9 Å². The summed E-state index contributed by atoms with van der Waals surface area (Å²) >= 11 is 1.74. The molecule has 0 saturated carbocycles. The molecule has 0 bridgehead atoms. The van der Waals surface area contributed by atoms with E-state index in [1.54, 1.807) is 11.8 Å². The number of nitrogen functional groups attached to an aromatic ring is 1. The Bertz CT molecular complexity index is 557. The molecule has 2 rings (SSSR count). The molecular formula is C13H16FN3OS. The highest BCUT2D eigenvalue weighted by atomic mass is 32.2. The maximum Gasteiger partial charge on any atom is 0.260 e. The predicted molar refractivity (Wildman–Crippen MR) is 75.1 cm³/mol. The molecule has 0 spiro atoms. The van der Waals surface area contributed by atoms with Gasteiger partial charge in [0.25, 0.3) is 5.89 Å². The lowest BCUT2D eigenvalue weighted by Gasteiger charge is -2.01. The molecule has 1 aromatic heterocycles. The molecule has 0 unspecified atom stereocenters. The smallest absolute Gasteiger partial charge is 0.260 e. The fourth-order valence-corrected chi connectivity index (χ4v) is 2.41. The minimum Gasteiger partial charge on any atom is -0.398 e. The highest BCUT2D eigenvalue weighted by Gasteiger charge is 2.12. The molecule has 4 nitrogen and oxygen atoms in total. The number of aromatic nitrogens is 2. The Morgan fingerprint density at radius 1 is 1.42 bits per heavy atom. The van der Waals surface area contributed by atoms with Gasteiger partial charge in [0.05, 0.1) is 11.3 Å². The van der Waals surface area contributed by atoms with Crippen molar-refractivity contribution in [1.29, 1.82) is 0 Å². The summed E-state index contributed by atoms with van der Waals surface area (Å²) in [4.78, 5) is 4.23. The van der Waals surface area contributed by atoms with Gasteiger partial charge in [0.1, 0.15) is 5.82 Å². The van der Waals surface area contributed by atoms with Gasteiger partial charge in [-0.05, 0) is 29.9 Å². The van der Waals surface area contributed by atoms with Gasteiger partial charge in [0.2, 0.25) is 0 Å². The number of benzene rings is 1. The van der Waals surface area contributed by atoms with Crippen LogP contribution in [0.3, 0.4) is 0 Å². The van der Waals surface area contributed by atoms with Gasteiger partial charge in [-0.3, -0.25) is 0 Å². The average Bonchev–Trinajstić information content (AvgIpc) is 2.80.